The average molecular weight is 292 g/mol. The van der Waals surface area contributed by atoms with Crippen LogP contribution in [-0.4, -0.2) is 29.1 Å². The second-order valence-electron chi connectivity index (χ2n) is 4.72. The number of rotatable bonds is 2. The Bertz CT molecular complexity index is 502. The first kappa shape index (κ1) is 12.9. The smallest absolute Gasteiger partial charge is 0.373 e. The number of amides is 1. The predicted octanol–water partition coefficient (Wildman–Crippen LogP) is 2.21. The monoisotopic (exact) mass is 292 g/mol. The van der Waals surface area contributed by atoms with Crippen LogP contribution in [0.15, 0.2) is 5.51 Å². The van der Waals surface area contributed by atoms with E-state index in [4.69, 9.17) is 4.74 Å². The Kier molecular flexibility index (Phi) is 3.01. The van der Waals surface area contributed by atoms with Crippen molar-refractivity contribution in [2.24, 2.45) is 0 Å². The van der Waals surface area contributed by atoms with Crippen LogP contribution >= 0.6 is 11.3 Å². The van der Waals surface area contributed by atoms with Crippen LogP contribution in [0.2, 0.25) is 0 Å². The number of nitrogens with one attached hydrogen (secondary N) is 1. The number of thiazole rings is 1. The topological polar surface area (TPSA) is 51.2 Å². The van der Waals surface area contributed by atoms with Gasteiger partial charge in [-0.25, -0.2) is 4.98 Å². The summed E-state index contributed by atoms with van der Waals surface area (Å²) >= 11 is 0.430. The van der Waals surface area contributed by atoms with Gasteiger partial charge >= 0.3 is 6.18 Å². The molecule has 3 unspecified atom stereocenters. The highest BCUT2D eigenvalue weighted by atomic mass is 32.1. The minimum atomic E-state index is -4.54. The number of hydrogen-bond acceptors (Lipinski definition) is 4. The van der Waals surface area contributed by atoms with Crippen LogP contribution in [0.5, 0.6) is 0 Å². The van der Waals surface area contributed by atoms with E-state index in [0.29, 0.717) is 17.8 Å². The summed E-state index contributed by atoms with van der Waals surface area (Å²) in [6.45, 7) is 0. The Labute approximate surface area is 111 Å². The van der Waals surface area contributed by atoms with Gasteiger partial charge in [0.25, 0.3) is 5.91 Å². The number of fused-ring (bicyclic) bond motifs is 2. The van der Waals surface area contributed by atoms with E-state index in [2.05, 4.69) is 10.3 Å². The van der Waals surface area contributed by atoms with Gasteiger partial charge in [0.15, 0.2) is 5.69 Å². The van der Waals surface area contributed by atoms with Gasteiger partial charge in [-0.3, -0.25) is 4.79 Å². The van der Waals surface area contributed by atoms with Gasteiger partial charge < -0.3 is 10.1 Å². The molecule has 1 aromatic rings. The highest BCUT2D eigenvalue weighted by molar-refractivity contribution is 7.10. The fourth-order valence-corrected chi connectivity index (χ4v) is 3.29. The Balaban J connectivity index is 1.73. The molecule has 0 radical (unpaired) electrons. The summed E-state index contributed by atoms with van der Waals surface area (Å²) in [5.74, 6) is -0.769. The highest BCUT2D eigenvalue weighted by Gasteiger charge is 2.43. The summed E-state index contributed by atoms with van der Waals surface area (Å²) in [6, 6.07) is -0.200. The maximum absolute atomic E-state index is 12.7. The number of halogens is 3. The summed E-state index contributed by atoms with van der Waals surface area (Å²) < 4.78 is 43.6. The minimum Gasteiger partial charge on any atom is -0.373 e. The number of carbonyl (C=O) groups excluding carboxylic acids is 1. The molecule has 104 valence electrons. The van der Waals surface area contributed by atoms with Crippen molar-refractivity contribution in [2.45, 2.75) is 43.7 Å². The van der Waals surface area contributed by atoms with E-state index in [9.17, 15) is 18.0 Å². The van der Waals surface area contributed by atoms with Crippen molar-refractivity contribution in [2.75, 3.05) is 0 Å². The molecular formula is C11H11F3N2O2S. The standard InChI is InChI=1S/C11H11F3N2O2S/c12-11(13,14)9-8(15-4-19-9)10(17)16-6-3-5-1-2-7(6)18-5/h4-7H,1-3H2,(H,16,17). The van der Waals surface area contributed by atoms with Gasteiger partial charge in [-0.05, 0) is 19.3 Å². The van der Waals surface area contributed by atoms with Crippen molar-refractivity contribution in [3.05, 3.63) is 16.1 Å². The minimum absolute atomic E-state index is 0.0677. The molecule has 4 nitrogen and oxygen atoms in total. The molecule has 1 aromatic heterocycles. The van der Waals surface area contributed by atoms with E-state index in [1.807, 2.05) is 0 Å². The molecule has 2 saturated heterocycles. The molecule has 3 rings (SSSR count). The van der Waals surface area contributed by atoms with Gasteiger partial charge in [0.05, 0.1) is 23.8 Å². The molecule has 0 aliphatic carbocycles. The molecule has 2 bridgehead atoms. The van der Waals surface area contributed by atoms with E-state index in [0.717, 1.165) is 18.4 Å². The summed E-state index contributed by atoms with van der Waals surface area (Å²) in [5.41, 5.74) is 0.495. The molecule has 0 aromatic carbocycles. The van der Waals surface area contributed by atoms with E-state index < -0.39 is 22.7 Å². The summed E-state index contributed by atoms with van der Waals surface area (Å²) in [4.78, 5) is 14.5. The SMILES string of the molecule is O=C(NC1CC2CCC1O2)c1ncsc1C(F)(F)F. The van der Waals surface area contributed by atoms with E-state index in [1.54, 1.807) is 0 Å². The molecule has 1 amide bonds. The fourth-order valence-electron chi connectivity index (χ4n) is 2.64. The predicted molar refractivity (Wildman–Crippen MR) is 60.9 cm³/mol. The van der Waals surface area contributed by atoms with Crippen LogP contribution < -0.4 is 5.32 Å². The summed E-state index contributed by atoms with van der Waals surface area (Å²) in [5, 5.41) is 2.61. The van der Waals surface area contributed by atoms with Gasteiger partial charge in [0, 0.05) is 0 Å². The van der Waals surface area contributed by atoms with E-state index >= 15 is 0 Å². The molecule has 2 aliphatic heterocycles. The van der Waals surface area contributed by atoms with Gasteiger partial charge in [0.1, 0.15) is 4.88 Å². The number of nitrogens with zero attached hydrogens (tertiary/aromatic N) is 1. The summed E-state index contributed by atoms with van der Waals surface area (Å²) in [6.07, 6.45) is -2.00. The molecule has 19 heavy (non-hydrogen) atoms. The van der Waals surface area contributed by atoms with Crippen molar-refractivity contribution in [3.8, 4) is 0 Å². The second-order valence-corrected chi connectivity index (χ2v) is 5.57. The zero-order chi connectivity index (χ0) is 13.6. The van der Waals surface area contributed by atoms with Crippen molar-refractivity contribution in [3.63, 3.8) is 0 Å². The maximum atomic E-state index is 12.7. The molecule has 2 fully saturated rings. The number of aromatic nitrogens is 1. The van der Waals surface area contributed by atoms with Gasteiger partial charge in [-0.1, -0.05) is 0 Å². The van der Waals surface area contributed by atoms with Crippen LogP contribution in [0.25, 0.3) is 0 Å². The Morgan fingerprint density at radius 1 is 1.47 bits per heavy atom. The number of carbonyl (C=O) groups is 1. The lowest BCUT2D eigenvalue weighted by Crippen LogP contribution is -2.42. The van der Waals surface area contributed by atoms with Crippen LogP contribution in [-0.2, 0) is 10.9 Å². The zero-order valence-corrected chi connectivity index (χ0v) is 10.6. The molecule has 3 atom stereocenters. The largest absolute Gasteiger partial charge is 0.427 e. The third kappa shape index (κ3) is 2.34. The van der Waals surface area contributed by atoms with Gasteiger partial charge in [0.2, 0.25) is 0 Å². The number of hydrogen-bond donors (Lipinski definition) is 1. The van der Waals surface area contributed by atoms with E-state index in [1.165, 1.54) is 0 Å². The lowest BCUT2D eigenvalue weighted by molar-refractivity contribution is -0.134. The molecule has 1 N–H and O–H groups in total. The zero-order valence-electron chi connectivity index (χ0n) is 9.74. The Hall–Kier alpha value is -1.15. The number of alkyl halides is 3. The second kappa shape index (κ2) is 4.45. The number of ether oxygens (including phenoxy) is 1. The van der Waals surface area contributed by atoms with Crippen LogP contribution in [0.4, 0.5) is 13.2 Å². The highest BCUT2D eigenvalue weighted by Crippen LogP contribution is 2.36. The molecule has 0 saturated carbocycles. The van der Waals surface area contributed by atoms with E-state index in [-0.39, 0.29) is 18.2 Å². The van der Waals surface area contributed by atoms with Crippen LogP contribution in [0, 0.1) is 0 Å². The molecular weight excluding hydrogens is 281 g/mol. The maximum Gasteiger partial charge on any atom is 0.427 e. The molecule has 2 aliphatic rings. The summed E-state index contributed by atoms with van der Waals surface area (Å²) in [7, 11) is 0. The normalized spacial score (nSPS) is 29.7. The molecule has 8 heteroatoms. The first-order valence-corrected chi connectivity index (χ1v) is 6.80. The average Bonchev–Trinajstić information content (AvgIpc) is 3.03. The van der Waals surface area contributed by atoms with Crippen molar-refractivity contribution < 1.29 is 22.7 Å². The van der Waals surface area contributed by atoms with Gasteiger partial charge in [-0.2, -0.15) is 13.2 Å². The van der Waals surface area contributed by atoms with Crippen LogP contribution in [0.1, 0.15) is 34.6 Å². The van der Waals surface area contributed by atoms with Crippen LogP contribution in [0.3, 0.4) is 0 Å². The quantitative estimate of drug-likeness (QED) is 0.909. The van der Waals surface area contributed by atoms with Gasteiger partial charge in [-0.15, -0.1) is 11.3 Å². The Morgan fingerprint density at radius 2 is 2.26 bits per heavy atom. The fraction of sp³-hybridized carbons (Fsp3) is 0.636. The molecule has 3 heterocycles. The first-order chi connectivity index (χ1) is 8.95. The van der Waals surface area contributed by atoms with Crippen molar-refractivity contribution in [1.29, 1.82) is 0 Å². The molecule has 0 spiro atoms. The van der Waals surface area contributed by atoms with Crippen molar-refractivity contribution >= 4 is 17.2 Å². The third-order valence-electron chi connectivity index (χ3n) is 3.46. The Morgan fingerprint density at radius 3 is 2.84 bits per heavy atom. The first-order valence-electron chi connectivity index (χ1n) is 5.92. The third-order valence-corrected chi connectivity index (χ3v) is 4.33. The lowest BCUT2D eigenvalue weighted by atomic mass is 9.95. The lowest BCUT2D eigenvalue weighted by Gasteiger charge is -2.19. The van der Waals surface area contributed by atoms with Crippen molar-refractivity contribution in [1.82, 2.24) is 10.3 Å².